The molecule has 32 heavy (non-hydrogen) atoms. The normalized spacial score (nSPS) is 11.3. The topological polar surface area (TPSA) is 86.7 Å². The number of aromatic nitrogens is 5. The fraction of sp³-hybridized carbons (Fsp3) is 0.167. The van der Waals surface area contributed by atoms with E-state index in [1.165, 1.54) is 11.6 Å². The van der Waals surface area contributed by atoms with Crippen molar-refractivity contribution in [1.82, 2.24) is 23.7 Å². The molecule has 1 N–H and O–H groups in total. The van der Waals surface area contributed by atoms with E-state index < -0.39 is 5.69 Å². The van der Waals surface area contributed by atoms with Crippen molar-refractivity contribution >= 4 is 27.9 Å². The van der Waals surface area contributed by atoms with E-state index in [9.17, 15) is 9.59 Å². The van der Waals surface area contributed by atoms with Gasteiger partial charge in [0, 0.05) is 33.0 Å². The summed E-state index contributed by atoms with van der Waals surface area (Å²) >= 11 is 0. The SMILES string of the molecule is Cn1c(=O)c2c(nc(NCc3cccnc3)n2Cc2cccc3ccccc23)n(C)c1=O. The van der Waals surface area contributed by atoms with Crippen LogP contribution >= 0.6 is 0 Å². The summed E-state index contributed by atoms with van der Waals surface area (Å²) in [6, 6.07) is 18.1. The number of rotatable bonds is 5. The van der Waals surface area contributed by atoms with Crippen molar-refractivity contribution in [2.24, 2.45) is 14.1 Å². The summed E-state index contributed by atoms with van der Waals surface area (Å²) < 4.78 is 4.38. The maximum Gasteiger partial charge on any atom is 0.332 e. The molecule has 0 radical (unpaired) electrons. The third-order valence-corrected chi connectivity index (χ3v) is 5.73. The van der Waals surface area contributed by atoms with Gasteiger partial charge >= 0.3 is 5.69 Å². The number of fused-ring (bicyclic) bond motifs is 2. The highest BCUT2D eigenvalue weighted by molar-refractivity contribution is 5.86. The second-order valence-electron chi connectivity index (χ2n) is 7.75. The molecule has 0 saturated carbocycles. The minimum atomic E-state index is -0.406. The van der Waals surface area contributed by atoms with Crippen LogP contribution in [0.3, 0.4) is 0 Å². The van der Waals surface area contributed by atoms with Crippen molar-refractivity contribution in [1.29, 1.82) is 0 Å². The van der Waals surface area contributed by atoms with Crippen molar-refractivity contribution < 1.29 is 0 Å². The smallest absolute Gasteiger partial charge is 0.332 e. The van der Waals surface area contributed by atoms with Crippen LogP contribution in [0.1, 0.15) is 11.1 Å². The van der Waals surface area contributed by atoms with Gasteiger partial charge in [0.2, 0.25) is 5.95 Å². The first kappa shape index (κ1) is 19.7. The summed E-state index contributed by atoms with van der Waals surface area (Å²) in [5.41, 5.74) is 2.01. The number of anilines is 1. The first-order valence-corrected chi connectivity index (χ1v) is 10.3. The Balaban J connectivity index is 1.69. The fourth-order valence-electron chi connectivity index (χ4n) is 4.02. The first-order chi connectivity index (χ1) is 15.5. The molecule has 3 heterocycles. The summed E-state index contributed by atoms with van der Waals surface area (Å²) in [5, 5.41) is 5.56. The van der Waals surface area contributed by atoms with Crippen LogP contribution in [0.5, 0.6) is 0 Å². The Kier molecular flexibility index (Phi) is 4.82. The number of hydrogen-bond donors (Lipinski definition) is 1. The zero-order valence-corrected chi connectivity index (χ0v) is 17.8. The maximum atomic E-state index is 13.1. The molecule has 0 aliphatic heterocycles. The van der Waals surface area contributed by atoms with Crippen molar-refractivity contribution in [3.05, 3.63) is 99.0 Å². The van der Waals surface area contributed by atoms with Crippen molar-refractivity contribution in [2.45, 2.75) is 13.1 Å². The zero-order chi connectivity index (χ0) is 22.2. The number of nitrogens with zero attached hydrogens (tertiary/aromatic N) is 5. The highest BCUT2D eigenvalue weighted by atomic mass is 16.2. The van der Waals surface area contributed by atoms with Crippen LogP contribution in [0.25, 0.3) is 21.9 Å². The van der Waals surface area contributed by atoms with E-state index in [-0.39, 0.29) is 5.56 Å². The molecule has 160 valence electrons. The van der Waals surface area contributed by atoms with E-state index in [0.29, 0.717) is 30.2 Å². The van der Waals surface area contributed by atoms with E-state index in [1.54, 1.807) is 19.4 Å². The second kappa shape index (κ2) is 7.81. The molecule has 8 heteroatoms. The van der Waals surface area contributed by atoms with Crippen molar-refractivity contribution in [2.75, 3.05) is 5.32 Å². The van der Waals surface area contributed by atoms with E-state index >= 15 is 0 Å². The van der Waals surface area contributed by atoms with Crippen molar-refractivity contribution in [3.63, 3.8) is 0 Å². The molecule has 0 aliphatic carbocycles. The summed E-state index contributed by atoms with van der Waals surface area (Å²) in [6.07, 6.45) is 3.50. The minimum absolute atomic E-state index is 0.354. The van der Waals surface area contributed by atoms with Crippen molar-refractivity contribution in [3.8, 4) is 0 Å². The van der Waals surface area contributed by atoms with Gasteiger partial charge in [-0.1, -0.05) is 48.5 Å². The van der Waals surface area contributed by atoms with Gasteiger partial charge < -0.3 is 5.32 Å². The number of nitrogens with one attached hydrogen (secondary N) is 1. The van der Waals surface area contributed by atoms with E-state index in [1.807, 2.05) is 41.0 Å². The molecule has 8 nitrogen and oxygen atoms in total. The molecule has 5 aromatic rings. The van der Waals surface area contributed by atoms with Crippen LogP contribution in [-0.4, -0.2) is 23.7 Å². The third kappa shape index (κ3) is 3.26. The van der Waals surface area contributed by atoms with Crippen LogP contribution in [0.4, 0.5) is 5.95 Å². The van der Waals surface area contributed by atoms with Crippen LogP contribution < -0.4 is 16.6 Å². The standard InChI is InChI=1S/C24H22N6O2/c1-28-21-20(22(31)29(2)24(28)32)30(23(27-21)26-14-16-7-6-12-25-13-16)15-18-10-5-9-17-8-3-4-11-19(17)18/h3-13H,14-15H2,1-2H3,(H,26,27). The van der Waals surface area contributed by atoms with Gasteiger partial charge in [-0.15, -0.1) is 0 Å². The van der Waals surface area contributed by atoms with Crippen LogP contribution in [-0.2, 0) is 27.2 Å². The van der Waals surface area contributed by atoms with Gasteiger partial charge in [-0.3, -0.25) is 23.5 Å². The average Bonchev–Trinajstić information content (AvgIpc) is 3.19. The number of hydrogen-bond acceptors (Lipinski definition) is 5. The van der Waals surface area contributed by atoms with Gasteiger partial charge in [-0.2, -0.15) is 4.98 Å². The lowest BCUT2D eigenvalue weighted by Gasteiger charge is -2.13. The molecular formula is C24H22N6O2. The molecule has 0 amide bonds. The maximum absolute atomic E-state index is 13.1. The van der Waals surface area contributed by atoms with E-state index in [2.05, 4.69) is 33.5 Å². The molecule has 0 bridgehead atoms. The summed E-state index contributed by atoms with van der Waals surface area (Å²) in [6.45, 7) is 0.918. The summed E-state index contributed by atoms with van der Waals surface area (Å²) in [4.78, 5) is 34.4. The zero-order valence-electron chi connectivity index (χ0n) is 17.8. The molecule has 0 fully saturated rings. The Hall–Kier alpha value is -4.20. The van der Waals surface area contributed by atoms with Gasteiger partial charge in [0.05, 0.1) is 6.54 Å². The molecular weight excluding hydrogens is 404 g/mol. The molecule has 3 aromatic heterocycles. The lowest BCUT2D eigenvalue weighted by Crippen LogP contribution is -2.37. The van der Waals surface area contributed by atoms with Gasteiger partial charge in [-0.25, -0.2) is 4.79 Å². The third-order valence-electron chi connectivity index (χ3n) is 5.73. The molecule has 0 spiro atoms. The molecule has 0 atom stereocenters. The fourth-order valence-corrected chi connectivity index (χ4v) is 4.02. The van der Waals surface area contributed by atoms with Gasteiger partial charge in [0.1, 0.15) is 0 Å². The Morgan fingerprint density at radius 3 is 2.56 bits per heavy atom. The molecule has 2 aromatic carbocycles. The largest absolute Gasteiger partial charge is 0.351 e. The molecule has 0 saturated heterocycles. The highest BCUT2D eigenvalue weighted by Crippen LogP contribution is 2.23. The minimum Gasteiger partial charge on any atom is -0.351 e. The monoisotopic (exact) mass is 426 g/mol. The Labute approximate surface area is 183 Å². The molecule has 5 rings (SSSR count). The Morgan fingerprint density at radius 1 is 0.938 bits per heavy atom. The second-order valence-corrected chi connectivity index (χ2v) is 7.75. The molecule has 0 unspecified atom stereocenters. The number of imidazole rings is 1. The van der Waals surface area contributed by atoms with Crippen LogP contribution in [0, 0.1) is 0 Å². The van der Waals surface area contributed by atoms with Gasteiger partial charge in [0.15, 0.2) is 11.2 Å². The number of aryl methyl sites for hydroxylation is 1. The predicted octanol–water partition coefficient (Wildman–Crippen LogP) is 2.64. The Bertz CT molecular complexity index is 1560. The van der Waals surface area contributed by atoms with E-state index in [0.717, 1.165) is 26.5 Å². The quantitative estimate of drug-likeness (QED) is 0.467. The summed E-state index contributed by atoms with van der Waals surface area (Å²) in [5.74, 6) is 0.523. The number of pyridine rings is 1. The van der Waals surface area contributed by atoms with Gasteiger partial charge in [-0.05, 0) is 28.0 Å². The predicted molar refractivity (Wildman–Crippen MR) is 125 cm³/mol. The van der Waals surface area contributed by atoms with E-state index in [4.69, 9.17) is 0 Å². The first-order valence-electron chi connectivity index (χ1n) is 10.3. The summed E-state index contributed by atoms with van der Waals surface area (Å²) in [7, 11) is 3.12. The van der Waals surface area contributed by atoms with Crippen LogP contribution in [0.2, 0.25) is 0 Å². The van der Waals surface area contributed by atoms with Gasteiger partial charge in [0.25, 0.3) is 5.56 Å². The number of benzene rings is 2. The molecule has 0 aliphatic rings. The lowest BCUT2D eigenvalue weighted by molar-refractivity contribution is 0.702. The van der Waals surface area contributed by atoms with Crippen LogP contribution in [0.15, 0.2) is 76.6 Å². The average molecular weight is 426 g/mol. The lowest BCUT2D eigenvalue weighted by atomic mass is 10.0. The highest BCUT2D eigenvalue weighted by Gasteiger charge is 2.20. The Morgan fingerprint density at radius 2 is 1.75 bits per heavy atom.